The molecule has 1 aliphatic rings. The van der Waals surface area contributed by atoms with Crippen LogP contribution in [0, 0.1) is 6.92 Å². The number of nitrogens with one attached hydrogen (secondary N) is 2. The average Bonchev–Trinajstić information content (AvgIpc) is 2.65. The zero-order chi connectivity index (χ0) is 19.2. The lowest BCUT2D eigenvalue weighted by Crippen LogP contribution is -2.36. The summed E-state index contributed by atoms with van der Waals surface area (Å²) < 4.78 is 0. The third-order valence-electron chi connectivity index (χ3n) is 4.73. The number of nitrogens with zero attached hydrogens (tertiary/aromatic N) is 1. The van der Waals surface area contributed by atoms with Gasteiger partial charge in [0.25, 0.3) is 5.91 Å². The number of rotatable bonds is 5. The van der Waals surface area contributed by atoms with Gasteiger partial charge < -0.3 is 16.4 Å². The van der Waals surface area contributed by atoms with Crippen molar-refractivity contribution >= 4 is 53.7 Å². The third kappa shape index (κ3) is 7.24. The molecule has 29 heavy (non-hydrogen) atoms. The number of benzene rings is 2. The summed E-state index contributed by atoms with van der Waals surface area (Å²) in [6.45, 7) is 4.28. The van der Waals surface area contributed by atoms with E-state index < -0.39 is 0 Å². The van der Waals surface area contributed by atoms with Crippen molar-refractivity contribution in [3.05, 3.63) is 53.6 Å². The van der Waals surface area contributed by atoms with Crippen molar-refractivity contribution in [2.75, 3.05) is 36.0 Å². The van der Waals surface area contributed by atoms with E-state index in [9.17, 15) is 9.59 Å². The molecule has 0 spiro atoms. The summed E-state index contributed by atoms with van der Waals surface area (Å²) >= 11 is 0. The van der Waals surface area contributed by atoms with Gasteiger partial charge in [0.15, 0.2) is 0 Å². The Labute approximate surface area is 184 Å². The Bertz CT molecular complexity index is 839. The Balaban J connectivity index is 0.00000210. The van der Waals surface area contributed by atoms with Crippen molar-refractivity contribution < 1.29 is 9.59 Å². The van der Waals surface area contributed by atoms with E-state index in [1.165, 1.54) is 6.42 Å². The number of nitrogens with two attached hydrogens (primary N) is 1. The molecular formula is C21H28Cl2N4O2. The minimum atomic E-state index is -0.239. The summed E-state index contributed by atoms with van der Waals surface area (Å²) in [5.41, 5.74) is 9.05. The van der Waals surface area contributed by atoms with Crippen LogP contribution in [-0.2, 0) is 4.79 Å². The number of likely N-dealkylation sites (tertiary alicyclic amines) is 1. The van der Waals surface area contributed by atoms with Crippen LogP contribution in [0.3, 0.4) is 0 Å². The van der Waals surface area contributed by atoms with Crippen LogP contribution >= 0.6 is 24.8 Å². The Hall–Kier alpha value is -2.28. The molecule has 3 rings (SSSR count). The lowest BCUT2D eigenvalue weighted by atomic mass is 10.1. The Kier molecular flexibility index (Phi) is 9.95. The van der Waals surface area contributed by atoms with E-state index in [4.69, 9.17) is 5.73 Å². The zero-order valence-electron chi connectivity index (χ0n) is 16.4. The fourth-order valence-electron chi connectivity index (χ4n) is 3.23. The van der Waals surface area contributed by atoms with Crippen LogP contribution in [0.4, 0.5) is 17.1 Å². The monoisotopic (exact) mass is 438 g/mol. The molecule has 1 fully saturated rings. The predicted molar refractivity (Wildman–Crippen MR) is 123 cm³/mol. The first-order chi connectivity index (χ1) is 13.0. The molecule has 0 saturated carbocycles. The molecule has 2 aromatic rings. The van der Waals surface area contributed by atoms with Crippen molar-refractivity contribution in [3.63, 3.8) is 0 Å². The van der Waals surface area contributed by atoms with Crippen molar-refractivity contribution in [1.82, 2.24) is 4.90 Å². The standard InChI is InChI=1S/C21H26N4O2.2ClH/c1-15-8-9-18(23-21(27)16-6-5-7-17(22)12-16)13-19(15)24-20(26)14-25-10-3-2-4-11-25;;/h5-9,12-13H,2-4,10-11,14,22H2,1H3,(H,23,27)(H,24,26);2*1H. The van der Waals surface area contributed by atoms with Crippen LogP contribution in [0.25, 0.3) is 0 Å². The fourth-order valence-corrected chi connectivity index (χ4v) is 3.23. The Morgan fingerprint density at radius 2 is 1.72 bits per heavy atom. The highest BCUT2D eigenvalue weighted by Crippen LogP contribution is 2.21. The number of aryl methyl sites for hydroxylation is 1. The molecule has 2 amide bonds. The highest BCUT2D eigenvalue weighted by Gasteiger charge is 2.15. The van der Waals surface area contributed by atoms with Gasteiger partial charge in [-0.1, -0.05) is 18.6 Å². The molecule has 0 radical (unpaired) electrons. The first kappa shape index (κ1) is 24.8. The number of carbonyl (C=O) groups is 2. The third-order valence-corrected chi connectivity index (χ3v) is 4.73. The lowest BCUT2D eigenvalue weighted by molar-refractivity contribution is -0.117. The summed E-state index contributed by atoms with van der Waals surface area (Å²) in [5.74, 6) is -0.268. The summed E-state index contributed by atoms with van der Waals surface area (Å²) in [6.07, 6.45) is 3.54. The molecule has 1 saturated heterocycles. The van der Waals surface area contributed by atoms with Gasteiger partial charge in [0.05, 0.1) is 6.54 Å². The molecule has 0 atom stereocenters. The molecule has 8 heteroatoms. The molecule has 1 aliphatic heterocycles. The van der Waals surface area contributed by atoms with Gasteiger partial charge in [-0.25, -0.2) is 0 Å². The van der Waals surface area contributed by atoms with Gasteiger partial charge in [0.2, 0.25) is 5.91 Å². The Morgan fingerprint density at radius 3 is 2.41 bits per heavy atom. The maximum absolute atomic E-state index is 12.4. The van der Waals surface area contributed by atoms with Crippen LogP contribution in [0.5, 0.6) is 0 Å². The van der Waals surface area contributed by atoms with Gasteiger partial charge in [-0.2, -0.15) is 0 Å². The van der Waals surface area contributed by atoms with Crippen LogP contribution < -0.4 is 16.4 Å². The van der Waals surface area contributed by atoms with Crippen molar-refractivity contribution in [2.24, 2.45) is 0 Å². The highest BCUT2D eigenvalue weighted by atomic mass is 35.5. The van der Waals surface area contributed by atoms with Gasteiger partial charge in [-0.05, 0) is 68.8 Å². The van der Waals surface area contributed by atoms with E-state index in [1.54, 1.807) is 30.3 Å². The molecule has 2 aromatic carbocycles. The molecule has 0 unspecified atom stereocenters. The maximum Gasteiger partial charge on any atom is 0.255 e. The summed E-state index contributed by atoms with van der Waals surface area (Å²) in [4.78, 5) is 26.9. The van der Waals surface area contributed by atoms with E-state index in [0.717, 1.165) is 31.5 Å². The van der Waals surface area contributed by atoms with E-state index in [2.05, 4.69) is 15.5 Å². The second kappa shape index (κ2) is 11.7. The number of piperidine rings is 1. The van der Waals surface area contributed by atoms with Gasteiger partial charge in [-0.15, -0.1) is 24.8 Å². The molecule has 0 bridgehead atoms. The largest absolute Gasteiger partial charge is 0.399 e. The van der Waals surface area contributed by atoms with E-state index in [-0.39, 0.29) is 36.6 Å². The van der Waals surface area contributed by atoms with Crippen LogP contribution in [-0.4, -0.2) is 36.3 Å². The minimum Gasteiger partial charge on any atom is -0.399 e. The van der Waals surface area contributed by atoms with Gasteiger partial charge >= 0.3 is 0 Å². The number of hydrogen-bond acceptors (Lipinski definition) is 4. The number of nitrogen functional groups attached to an aromatic ring is 1. The number of hydrogen-bond donors (Lipinski definition) is 3. The molecule has 0 aromatic heterocycles. The minimum absolute atomic E-state index is 0. The van der Waals surface area contributed by atoms with Crippen molar-refractivity contribution in [2.45, 2.75) is 26.2 Å². The first-order valence-electron chi connectivity index (χ1n) is 9.31. The number of halogens is 2. The smallest absolute Gasteiger partial charge is 0.255 e. The number of anilines is 3. The van der Waals surface area contributed by atoms with Gasteiger partial charge in [-0.3, -0.25) is 14.5 Å². The number of amides is 2. The van der Waals surface area contributed by atoms with Crippen molar-refractivity contribution in [3.8, 4) is 0 Å². The van der Waals surface area contributed by atoms with E-state index in [0.29, 0.717) is 29.2 Å². The lowest BCUT2D eigenvalue weighted by Gasteiger charge is -2.25. The second-order valence-corrected chi connectivity index (χ2v) is 6.99. The van der Waals surface area contributed by atoms with E-state index in [1.807, 2.05) is 19.1 Å². The summed E-state index contributed by atoms with van der Waals surface area (Å²) in [5, 5.41) is 5.82. The predicted octanol–water partition coefficient (Wildman–Crippen LogP) is 4.10. The quantitative estimate of drug-likeness (QED) is 0.613. The van der Waals surface area contributed by atoms with Crippen molar-refractivity contribution in [1.29, 1.82) is 0 Å². The molecule has 158 valence electrons. The molecule has 0 aliphatic carbocycles. The molecule has 6 nitrogen and oxygen atoms in total. The summed E-state index contributed by atoms with van der Waals surface area (Å²) in [6, 6.07) is 12.3. The zero-order valence-corrected chi connectivity index (χ0v) is 18.1. The topological polar surface area (TPSA) is 87.5 Å². The maximum atomic E-state index is 12.4. The van der Waals surface area contributed by atoms with Crippen LogP contribution in [0.15, 0.2) is 42.5 Å². The second-order valence-electron chi connectivity index (χ2n) is 6.99. The summed E-state index contributed by atoms with van der Waals surface area (Å²) in [7, 11) is 0. The SMILES string of the molecule is Cc1ccc(NC(=O)c2cccc(N)c2)cc1NC(=O)CN1CCCCC1.Cl.Cl. The highest BCUT2D eigenvalue weighted by molar-refractivity contribution is 6.05. The number of carbonyl (C=O) groups excluding carboxylic acids is 2. The molecule has 1 heterocycles. The fraction of sp³-hybridized carbons (Fsp3) is 0.333. The van der Waals surface area contributed by atoms with Gasteiger partial charge in [0, 0.05) is 22.6 Å². The van der Waals surface area contributed by atoms with Gasteiger partial charge in [0.1, 0.15) is 0 Å². The van der Waals surface area contributed by atoms with Crippen LogP contribution in [0.1, 0.15) is 35.2 Å². The van der Waals surface area contributed by atoms with Crippen LogP contribution in [0.2, 0.25) is 0 Å². The van der Waals surface area contributed by atoms with E-state index >= 15 is 0 Å². The first-order valence-corrected chi connectivity index (χ1v) is 9.31. The molecule has 4 N–H and O–H groups in total. The molecular weight excluding hydrogens is 411 g/mol. The normalized spacial score (nSPS) is 13.6. The average molecular weight is 439 g/mol. The Morgan fingerprint density at radius 1 is 1.00 bits per heavy atom.